The summed E-state index contributed by atoms with van der Waals surface area (Å²) in [5, 5.41) is 10.2. The van der Waals surface area contributed by atoms with Gasteiger partial charge in [0.05, 0.1) is 18.6 Å². The first-order valence-corrected chi connectivity index (χ1v) is 8.14. The van der Waals surface area contributed by atoms with E-state index in [-0.39, 0.29) is 29.5 Å². The van der Waals surface area contributed by atoms with Crippen LogP contribution in [-0.4, -0.2) is 59.4 Å². The molecule has 8 nitrogen and oxygen atoms in total. The lowest BCUT2D eigenvalue weighted by Gasteiger charge is -2.27. The Morgan fingerprint density at radius 3 is 2.91 bits per heavy atom. The Labute approximate surface area is 133 Å². The minimum Gasteiger partial charge on any atom is -0.380 e. The van der Waals surface area contributed by atoms with Gasteiger partial charge in [-0.2, -0.15) is 0 Å². The molecule has 1 aliphatic carbocycles. The van der Waals surface area contributed by atoms with Crippen LogP contribution in [0.15, 0.2) is 10.8 Å². The summed E-state index contributed by atoms with van der Waals surface area (Å²) in [6, 6.07) is 0.266. The van der Waals surface area contributed by atoms with Crippen LogP contribution in [0.1, 0.15) is 36.2 Å². The number of ether oxygens (including phenoxy) is 1. The Kier molecular flexibility index (Phi) is 3.56. The Morgan fingerprint density at radius 1 is 1.35 bits per heavy atom. The van der Waals surface area contributed by atoms with Crippen LogP contribution >= 0.6 is 0 Å². The van der Waals surface area contributed by atoms with E-state index in [4.69, 9.17) is 4.74 Å². The molecule has 2 amide bonds. The van der Waals surface area contributed by atoms with Crippen molar-refractivity contribution in [2.75, 3.05) is 26.3 Å². The van der Waals surface area contributed by atoms with Gasteiger partial charge in [0, 0.05) is 25.0 Å². The molecule has 1 saturated carbocycles. The Bertz CT molecular complexity index is 599. The monoisotopic (exact) mass is 320 g/mol. The number of hydrogen-bond donors (Lipinski definition) is 1. The zero-order valence-corrected chi connectivity index (χ0v) is 12.9. The maximum absolute atomic E-state index is 12.9. The van der Waals surface area contributed by atoms with Crippen LogP contribution in [0.25, 0.3) is 0 Å². The molecule has 2 aliphatic heterocycles. The molecule has 0 bridgehead atoms. The van der Waals surface area contributed by atoms with Crippen molar-refractivity contribution in [3.63, 3.8) is 0 Å². The average molecular weight is 320 g/mol. The van der Waals surface area contributed by atoms with Gasteiger partial charge in [0.15, 0.2) is 5.69 Å². The average Bonchev–Trinajstić information content (AvgIpc) is 3.29. The van der Waals surface area contributed by atoms with Crippen LogP contribution in [0.5, 0.6) is 0 Å². The summed E-state index contributed by atoms with van der Waals surface area (Å²) in [6.45, 7) is 1.75. The summed E-state index contributed by atoms with van der Waals surface area (Å²) >= 11 is 0. The number of nitrogens with zero attached hydrogens (tertiary/aromatic N) is 3. The number of amides is 2. The van der Waals surface area contributed by atoms with Crippen molar-refractivity contribution in [3.05, 3.63) is 11.9 Å². The first-order valence-electron chi connectivity index (χ1n) is 8.14. The molecule has 1 aromatic rings. The summed E-state index contributed by atoms with van der Waals surface area (Å²) in [4.78, 5) is 27.0. The van der Waals surface area contributed by atoms with Crippen molar-refractivity contribution in [1.82, 2.24) is 20.5 Å². The molecule has 1 N–H and O–H groups in total. The van der Waals surface area contributed by atoms with E-state index in [9.17, 15) is 9.59 Å². The second kappa shape index (κ2) is 5.59. The summed E-state index contributed by atoms with van der Waals surface area (Å²) in [6.07, 6.45) is 5.72. The molecule has 0 radical (unpaired) electrons. The number of fused-ring (bicyclic) bond motifs is 1. The van der Waals surface area contributed by atoms with Crippen LogP contribution in [0.2, 0.25) is 0 Å². The number of rotatable bonds is 3. The molecule has 1 aromatic heterocycles. The SMILES string of the molecule is O=C(c1cnon1)N1C[C@H]2COC[C@@]2(C(=O)NC2CCCC2)C1. The first-order chi connectivity index (χ1) is 11.2. The molecule has 0 spiro atoms. The van der Waals surface area contributed by atoms with E-state index in [0.29, 0.717) is 26.3 Å². The topological polar surface area (TPSA) is 97.6 Å². The second-order valence-electron chi connectivity index (χ2n) is 6.80. The van der Waals surface area contributed by atoms with E-state index >= 15 is 0 Å². The maximum Gasteiger partial charge on any atom is 0.277 e. The predicted octanol–water partition coefficient (Wildman–Crippen LogP) is 0.217. The molecule has 8 heteroatoms. The first kappa shape index (κ1) is 14.6. The van der Waals surface area contributed by atoms with Crippen LogP contribution in [-0.2, 0) is 9.53 Å². The molecule has 2 saturated heterocycles. The van der Waals surface area contributed by atoms with Gasteiger partial charge in [-0.1, -0.05) is 18.0 Å². The lowest BCUT2D eigenvalue weighted by atomic mass is 9.80. The minimum absolute atomic E-state index is 0.0282. The zero-order chi connectivity index (χ0) is 15.9. The van der Waals surface area contributed by atoms with Crippen molar-refractivity contribution < 1.29 is 19.0 Å². The predicted molar refractivity (Wildman–Crippen MR) is 77.3 cm³/mol. The van der Waals surface area contributed by atoms with Gasteiger partial charge >= 0.3 is 0 Å². The molecular formula is C15H20N4O4. The van der Waals surface area contributed by atoms with Crippen LogP contribution in [0.4, 0.5) is 0 Å². The number of carbonyl (C=O) groups is 2. The molecule has 0 aromatic carbocycles. The van der Waals surface area contributed by atoms with Crippen molar-refractivity contribution in [3.8, 4) is 0 Å². The fourth-order valence-electron chi connectivity index (χ4n) is 4.03. The van der Waals surface area contributed by atoms with E-state index in [1.807, 2.05) is 0 Å². The smallest absolute Gasteiger partial charge is 0.277 e. The van der Waals surface area contributed by atoms with Crippen LogP contribution in [0.3, 0.4) is 0 Å². The van der Waals surface area contributed by atoms with E-state index in [1.165, 1.54) is 19.0 Å². The lowest BCUT2D eigenvalue weighted by Crippen LogP contribution is -2.49. The van der Waals surface area contributed by atoms with Crippen molar-refractivity contribution in [1.29, 1.82) is 0 Å². The van der Waals surface area contributed by atoms with Crippen molar-refractivity contribution in [2.45, 2.75) is 31.7 Å². The highest BCUT2D eigenvalue weighted by molar-refractivity contribution is 5.93. The number of carbonyl (C=O) groups excluding carboxylic acids is 2. The molecule has 0 unspecified atom stereocenters. The van der Waals surface area contributed by atoms with Gasteiger partial charge in [0.2, 0.25) is 5.91 Å². The summed E-state index contributed by atoms with van der Waals surface area (Å²) in [7, 11) is 0. The molecule has 4 rings (SSSR count). The number of nitrogens with one attached hydrogen (secondary N) is 1. The van der Waals surface area contributed by atoms with E-state index in [1.54, 1.807) is 4.90 Å². The molecule has 23 heavy (non-hydrogen) atoms. The van der Waals surface area contributed by atoms with Crippen LogP contribution < -0.4 is 5.32 Å². The van der Waals surface area contributed by atoms with Gasteiger partial charge < -0.3 is 15.0 Å². The third-order valence-corrected chi connectivity index (χ3v) is 5.38. The van der Waals surface area contributed by atoms with E-state index in [0.717, 1.165) is 12.8 Å². The van der Waals surface area contributed by atoms with Crippen molar-refractivity contribution >= 4 is 11.8 Å². The van der Waals surface area contributed by atoms with Gasteiger partial charge in [0.1, 0.15) is 6.20 Å². The van der Waals surface area contributed by atoms with Crippen molar-refractivity contribution in [2.24, 2.45) is 11.3 Å². The third-order valence-electron chi connectivity index (χ3n) is 5.38. The van der Waals surface area contributed by atoms with Gasteiger partial charge in [-0.3, -0.25) is 9.59 Å². The highest BCUT2D eigenvalue weighted by Crippen LogP contribution is 2.42. The van der Waals surface area contributed by atoms with Gasteiger partial charge in [-0.25, -0.2) is 4.63 Å². The number of aromatic nitrogens is 2. The van der Waals surface area contributed by atoms with E-state index < -0.39 is 5.41 Å². The highest BCUT2D eigenvalue weighted by Gasteiger charge is 2.57. The largest absolute Gasteiger partial charge is 0.380 e. The number of hydrogen-bond acceptors (Lipinski definition) is 6. The van der Waals surface area contributed by atoms with Crippen LogP contribution in [0, 0.1) is 11.3 Å². The maximum atomic E-state index is 12.9. The highest BCUT2D eigenvalue weighted by atomic mass is 16.6. The lowest BCUT2D eigenvalue weighted by molar-refractivity contribution is -0.132. The molecule has 3 fully saturated rings. The molecule has 2 atom stereocenters. The van der Waals surface area contributed by atoms with Gasteiger partial charge in [-0.05, 0) is 18.0 Å². The number of likely N-dealkylation sites (tertiary alicyclic amines) is 1. The third kappa shape index (κ3) is 2.41. The Morgan fingerprint density at radius 2 is 2.17 bits per heavy atom. The fraction of sp³-hybridized carbons (Fsp3) is 0.733. The summed E-state index contributed by atoms with van der Waals surface area (Å²) in [5.74, 6) is -0.179. The Balaban J connectivity index is 1.50. The van der Waals surface area contributed by atoms with E-state index in [2.05, 4.69) is 20.3 Å². The molecule has 3 aliphatic rings. The summed E-state index contributed by atoms with van der Waals surface area (Å²) < 4.78 is 10.1. The normalized spacial score (nSPS) is 30.6. The molecule has 124 valence electrons. The zero-order valence-electron chi connectivity index (χ0n) is 12.9. The Hall–Kier alpha value is -1.96. The summed E-state index contributed by atoms with van der Waals surface area (Å²) in [5.41, 5.74) is -0.452. The fourth-order valence-corrected chi connectivity index (χ4v) is 4.03. The quantitative estimate of drug-likeness (QED) is 0.855. The second-order valence-corrected chi connectivity index (χ2v) is 6.80. The van der Waals surface area contributed by atoms with Gasteiger partial charge in [0.25, 0.3) is 5.91 Å². The molecule has 3 heterocycles. The molecular weight excluding hydrogens is 300 g/mol. The minimum atomic E-state index is -0.630. The standard InChI is InChI=1S/C15H20N4O4/c20-13(12-5-16-23-18-12)19-6-10-7-22-9-15(10,8-19)14(21)17-11-3-1-2-4-11/h5,10-11H,1-4,6-9H2,(H,17,21)/t10-,15-/m0/s1. The van der Waals surface area contributed by atoms with Gasteiger partial charge in [-0.15, -0.1) is 0 Å².